The Kier molecular flexibility index (Phi) is 8.72. The molecule has 0 saturated carbocycles. The first kappa shape index (κ1) is 23.7. The zero-order valence-corrected chi connectivity index (χ0v) is 19.1. The van der Waals surface area contributed by atoms with Crippen molar-refractivity contribution in [3.8, 4) is 5.75 Å². The van der Waals surface area contributed by atoms with E-state index in [1.54, 1.807) is 24.3 Å². The molecule has 6 nitrogen and oxygen atoms in total. The summed E-state index contributed by atoms with van der Waals surface area (Å²) in [6, 6.07) is 13.0. The molecule has 0 aromatic heterocycles. The summed E-state index contributed by atoms with van der Waals surface area (Å²) in [7, 11) is -3.62. The van der Waals surface area contributed by atoms with Crippen molar-refractivity contribution >= 4 is 21.6 Å². The standard InChI is InChI=1S/C23H32N2O4S/c1-5-14-29-22-12-10-21(11-13-22)25(30(4,27)28)17-23(26)24-16-20-15-18(6-2)8-9-19(20)7-3/h8-13,15H,5-7,14,16-17H2,1-4H3,(H,24,26). The molecule has 0 bridgehead atoms. The molecule has 2 rings (SSSR count). The predicted molar refractivity (Wildman–Crippen MR) is 121 cm³/mol. The number of anilines is 1. The number of amides is 1. The predicted octanol–water partition coefficient (Wildman–Crippen LogP) is 3.68. The van der Waals surface area contributed by atoms with Crippen LogP contribution >= 0.6 is 0 Å². The number of benzene rings is 2. The van der Waals surface area contributed by atoms with Crippen molar-refractivity contribution < 1.29 is 17.9 Å². The van der Waals surface area contributed by atoms with Crippen LogP contribution in [0.4, 0.5) is 5.69 Å². The van der Waals surface area contributed by atoms with E-state index in [1.807, 2.05) is 6.92 Å². The molecule has 7 heteroatoms. The van der Waals surface area contributed by atoms with Gasteiger partial charge in [0.05, 0.1) is 18.6 Å². The Morgan fingerprint density at radius 3 is 2.27 bits per heavy atom. The van der Waals surface area contributed by atoms with Gasteiger partial charge < -0.3 is 10.1 Å². The first-order valence-electron chi connectivity index (χ1n) is 10.4. The third kappa shape index (κ3) is 6.76. The highest BCUT2D eigenvalue weighted by Crippen LogP contribution is 2.22. The lowest BCUT2D eigenvalue weighted by Crippen LogP contribution is -2.40. The van der Waals surface area contributed by atoms with Crippen LogP contribution in [0, 0.1) is 0 Å². The molecule has 1 N–H and O–H groups in total. The quantitative estimate of drug-likeness (QED) is 0.588. The van der Waals surface area contributed by atoms with Crippen molar-refractivity contribution in [2.75, 3.05) is 23.7 Å². The molecule has 0 aliphatic rings. The normalized spacial score (nSPS) is 11.2. The van der Waals surface area contributed by atoms with E-state index in [4.69, 9.17) is 4.74 Å². The van der Waals surface area contributed by atoms with E-state index in [0.29, 0.717) is 24.6 Å². The van der Waals surface area contributed by atoms with Gasteiger partial charge in [-0.05, 0) is 60.2 Å². The molecule has 164 valence electrons. The van der Waals surface area contributed by atoms with Gasteiger partial charge in [-0.1, -0.05) is 39.0 Å². The van der Waals surface area contributed by atoms with E-state index in [-0.39, 0.29) is 12.5 Å². The summed E-state index contributed by atoms with van der Waals surface area (Å²) in [6.45, 7) is 6.87. The van der Waals surface area contributed by atoms with Crippen molar-refractivity contribution in [2.45, 2.75) is 46.6 Å². The molecule has 0 aliphatic carbocycles. The van der Waals surface area contributed by atoms with Gasteiger partial charge in [-0.15, -0.1) is 0 Å². The van der Waals surface area contributed by atoms with Gasteiger partial charge in [0.1, 0.15) is 12.3 Å². The molecular formula is C23H32N2O4S. The van der Waals surface area contributed by atoms with Gasteiger partial charge in [0, 0.05) is 6.54 Å². The zero-order chi connectivity index (χ0) is 22.1. The molecule has 0 aliphatic heterocycles. The summed E-state index contributed by atoms with van der Waals surface area (Å²) in [6.07, 6.45) is 3.78. The fourth-order valence-electron chi connectivity index (χ4n) is 3.12. The molecule has 0 unspecified atom stereocenters. The molecule has 30 heavy (non-hydrogen) atoms. The minimum absolute atomic E-state index is 0.275. The number of rotatable bonds is 11. The molecule has 1 amide bonds. The van der Waals surface area contributed by atoms with Gasteiger partial charge in [0.15, 0.2) is 0 Å². The largest absolute Gasteiger partial charge is 0.494 e. The van der Waals surface area contributed by atoms with Gasteiger partial charge in [0.25, 0.3) is 0 Å². The van der Waals surface area contributed by atoms with Crippen LogP contribution in [0.5, 0.6) is 5.75 Å². The molecule has 2 aromatic carbocycles. The van der Waals surface area contributed by atoms with Gasteiger partial charge >= 0.3 is 0 Å². The van der Waals surface area contributed by atoms with E-state index < -0.39 is 10.0 Å². The monoisotopic (exact) mass is 432 g/mol. The topological polar surface area (TPSA) is 75.7 Å². The highest BCUT2D eigenvalue weighted by Gasteiger charge is 2.21. The summed E-state index contributed by atoms with van der Waals surface area (Å²) in [4.78, 5) is 12.6. The smallest absolute Gasteiger partial charge is 0.241 e. The summed E-state index contributed by atoms with van der Waals surface area (Å²) in [5.74, 6) is 0.317. The number of hydrogen-bond donors (Lipinski definition) is 1. The lowest BCUT2D eigenvalue weighted by molar-refractivity contribution is -0.119. The third-order valence-corrected chi connectivity index (χ3v) is 5.96. The van der Waals surface area contributed by atoms with Crippen molar-refractivity contribution in [1.29, 1.82) is 0 Å². The highest BCUT2D eigenvalue weighted by molar-refractivity contribution is 7.92. The fourth-order valence-corrected chi connectivity index (χ4v) is 3.97. The Labute approximate surface area is 180 Å². The molecule has 0 spiro atoms. The maximum atomic E-state index is 12.6. The summed E-state index contributed by atoms with van der Waals surface area (Å²) in [5.41, 5.74) is 3.88. The number of hydrogen-bond acceptors (Lipinski definition) is 4. The number of ether oxygens (including phenoxy) is 1. The minimum Gasteiger partial charge on any atom is -0.494 e. The fraction of sp³-hybridized carbons (Fsp3) is 0.435. The van der Waals surface area contributed by atoms with Gasteiger partial charge in [-0.3, -0.25) is 9.10 Å². The van der Waals surface area contributed by atoms with Gasteiger partial charge in [0.2, 0.25) is 15.9 Å². The van der Waals surface area contributed by atoms with Crippen LogP contribution in [-0.4, -0.2) is 33.7 Å². The van der Waals surface area contributed by atoms with Crippen LogP contribution in [0.2, 0.25) is 0 Å². The number of carbonyl (C=O) groups excluding carboxylic acids is 1. The molecule has 0 saturated heterocycles. The van der Waals surface area contributed by atoms with Crippen molar-refractivity contribution in [3.05, 3.63) is 59.2 Å². The second-order valence-corrected chi connectivity index (χ2v) is 9.11. The Balaban J connectivity index is 2.09. The van der Waals surface area contributed by atoms with Gasteiger partial charge in [-0.25, -0.2) is 8.42 Å². The first-order chi connectivity index (χ1) is 14.3. The second-order valence-electron chi connectivity index (χ2n) is 7.20. The lowest BCUT2D eigenvalue weighted by atomic mass is 10.0. The molecule has 2 aromatic rings. The van der Waals surface area contributed by atoms with Crippen LogP contribution in [0.3, 0.4) is 0 Å². The van der Waals surface area contributed by atoms with E-state index in [0.717, 1.165) is 35.4 Å². The maximum Gasteiger partial charge on any atom is 0.241 e. The van der Waals surface area contributed by atoms with Crippen molar-refractivity contribution in [3.63, 3.8) is 0 Å². The van der Waals surface area contributed by atoms with Crippen LogP contribution in [0.25, 0.3) is 0 Å². The van der Waals surface area contributed by atoms with E-state index in [9.17, 15) is 13.2 Å². The second kappa shape index (κ2) is 11.0. The average molecular weight is 433 g/mol. The average Bonchev–Trinajstić information content (AvgIpc) is 2.74. The maximum absolute atomic E-state index is 12.6. The molecule has 0 fully saturated rings. The summed E-state index contributed by atoms with van der Waals surface area (Å²) in [5, 5.41) is 2.87. The Morgan fingerprint density at radius 1 is 1.00 bits per heavy atom. The first-order valence-corrected chi connectivity index (χ1v) is 12.2. The Hall–Kier alpha value is -2.54. The van der Waals surface area contributed by atoms with E-state index >= 15 is 0 Å². The van der Waals surface area contributed by atoms with Crippen LogP contribution in [0.1, 0.15) is 43.9 Å². The number of carbonyl (C=O) groups is 1. The number of sulfonamides is 1. The summed E-state index contributed by atoms with van der Waals surface area (Å²) < 4.78 is 31.2. The number of nitrogens with zero attached hydrogens (tertiary/aromatic N) is 1. The lowest BCUT2D eigenvalue weighted by Gasteiger charge is -2.22. The van der Waals surface area contributed by atoms with Crippen molar-refractivity contribution in [2.24, 2.45) is 0 Å². The Bertz CT molecular complexity index is 940. The van der Waals surface area contributed by atoms with Crippen LogP contribution in [-0.2, 0) is 34.2 Å². The number of aryl methyl sites for hydroxylation is 2. The van der Waals surface area contributed by atoms with Crippen LogP contribution in [0.15, 0.2) is 42.5 Å². The van der Waals surface area contributed by atoms with Crippen molar-refractivity contribution in [1.82, 2.24) is 5.32 Å². The molecular weight excluding hydrogens is 400 g/mol. The SMILES string of the molecule is CCCOc1ccc(N(CC(=O)NCc2cc(CC)ccc2CC)S(C)(=O)=O)cc1. The summed E-state index contributed by atoms with van der Waals surface area (Å²) >= 11 is 0. The third-order valence-electron chi connectivity index (χ3n) is 4.82. The molecule has 0 radical (unpaired) electrons. The molecule has 0 heterocycles. The van der Waals surface area contributed by atoms with E-state index in [2.05, 4.69) is 37.4 Å². The van der Waals surface area contributed by atoms with Gasteiger partial charge in [-0.2, -0.15) is 0 Å². The van der Waals surface area contributed by atoms with Crippen LogP contribution < -0.4 is 14.4 Å². The highest BCUT2D eigenvalue weighted by atomic mass is 32.2. The Morgan fingerprint density at radius 2 is 1.70 bits per heavy atom. The number of nitrogens with one attached hydrogen (secondary N) is 1. The zero-order valence-electron chi connectivity index (χ0n) is 18.3. The van der Waals surface area contributed by atoms with E-state index in [1.165, 1.54) is 11.1 Å². The minimum atomic E-state index is -3.62. The molecule has 0 atom stereocenters.